The van der Waals surface area contributed by atoms with Crippen molar-refractivity contribution >= 4 is 35.5 Å². The Labute approximate surface area is 122 Å². The lowest BCUT2D eigenvalue weighted by atomic mass is 10.2. The molecule has 0 atom stereocenters. The van der Waals surface area contributed by atoms with Crippen molar-refractivity contribution in [3.05, 3.63) is 17.7 Å². The van der Waals surface area contributed by atoms with Gasteiger partial charge in [0.25, 0.3) is 0 Å². The molecule has 0 aromatic heterocycles. The maximum atomic E-state index is 11.8. The molecule has 0 aliphatic carbocycles. The minimum absolute atomic E-state index is 0.628. The van der Waals surface area contributed by atoms with E-state index in [-0.39, 0.29) is 0 Å². The molecule has 1 aromatic carbocycles. The summed E-state index contributed by atoms with van der Waals surface area (Å²) in [6.07, 6.45) is 1.97. The molecule has 0 unspecified atom stereocenters. The highest BCUT2D eigenvalue weighted by molar-refractivity contribution is 7.95. The zero-order valence-corrected chi connectivity index (χ0v) is 13.6. The van der Waals surface area contributed by atoms with Gasteiger partial charge in [-0.05, 0) is 12.1 Å². The third-order valence-corrected chi connectivity index (χ3v) is 6.12. The Balaban J connectivity index is 4.23. The number of hydrogen-bond acceptors (Lipinski definition) is 7. The summed E-state index contributed by atoms with van der Waals surface area (Å²) < 4.78 is 70.4. The quantitative estimate of drug-likeness (QED) is 0.768. The van der Waals surface area contributed by atoms with Crippen LogP contribution in [0.1, 0.15) is 10.4 Å². The van der Waals surface area contributed by atoms with Crippen molar-refractivity contribution in [1.29, 1.82) is 0 Å². The lowest BCUT2D eigenvalue weighted by Gasteiger charge is -2.12. The Morgan fingerprint density at radius 2 is 1.14 bits per heavy atom. The van der Waals surface area contributed by atoms with Gasteiger partial charge in [0, 0.05) is 18.8 Å². The van der Waals surface area contributed by atoms with Crippen molar-refractivity contribution in [3.63, 3.8) is 0 Å². The number of carboxylic acid groups (broad SMARTS) is 1. The number of carboxylic acids is 1. The van der Waals surface area contributed by atoms with Crippen LogP contribution in [0.2, 0.25) is 0 Å². The predicted molar refractivity (Wildman–Crippen MR) is 72.7 cm³/mol. The largest absolute Gasteiger partial charge is 0.478 e. The van der Waals surface area contributed by atoms with Crippen LogP contribution >= 0.6 is 0 Å². The standard InChI is InChI=1S/C10H12O8S3/c1-19(13,14)7-4-6(10(11)12)5-8(20(2,15)16)9(7)21(3,17)18/h4-5H,1-3H3,(H,11,12). The molecular formula is C10H12O8S3. The summed E-state index contributed by atoms with van der Waals surface area (Å²) in [5.41, 5.74) is -0.636. The van der Waals surface area contributed by atoms with E-state index in [4.69, 9.17) is 5.11 Å². The Morgan fingerprint density at radius 3 is 1.33 bits per heavy atom. The van der Waals surface area contributed by atoms with Gasteiger partial charge in [-0.15, -0.1) is 0 Å². The number of aromatic carboxylic acids is 1. The van der Waals surface area contributed by atoms with Gasteiger partial charge in [-0.3, -0.25) is 0 Å². The van der Waals surface area contributed by atoms with Crippen molar-refractivity contribution in [3.8, 4) is 0 Å². The zero-order chi connectivity index (χ0) is 16.8. The van der Waals surface area contributed by atoms with E-state index in [0.29, 0.717) is 30.9 Å². The Morgan fingerprint density at radius 1 is 0.810 bits per heavy atom. The van der Waals surface area contributed by atoms with Crippen molar-refractivity contribution < 1.29 is 35.2 Å². The van der Waals surface area contributed by atoms with Gasteiger partial charge in [-0.1, -0.05) is 0 Å². The maximum Gasteiger partial charge on any atom is 0.335 e. The summed E-state index contributed by atoms with van der Waals surface area (Å²) >= 11 is 0. The summed E-state index contributed by atoms with van der Waals surface area (Å²) in [4.78, 5) is 8.35. The molecule has 0 heterocycles. The fourth-order valence-corrected chi connectivity index (χ4v) is 5.92. The number of carbonyl (C=O) groups is 1. The lowest BCUT2D eigenvalue weighted by Crippen LogP contribution is -2.15. The van der Waals surface area contributed by atoms with Crippen LogP contribution in [-0.2, 0) is 29.5 Å². The topological polar surface area (TPSA) is 140 Å². The highest BCUT2D eigenvalue weighted by atomic mass is 32.2. The number of sulfone groups is 3. The molecule has 0 saturated carbocycles. The van der Waals surface area contributed by atoms with Crippen molar-refractivity contribution in [1.82, 2.24) is 0 Å². The molecule has 0 spiro atoms. The second-order valence-electron chi connectivity index (χ2n) is 4.42. The molecule has 8 nitrogen and oxygen atoms in total. The highest BCUT2D eigenvalue weighted by Crippen LogP contribution is 2.30. The van der Waals surface area contributed by atoms with Crippen LogP contribution < -0.4 is 0 Å². The maximum absolute atomic E-state index is 11.8. The molecule has 0 aliphatic rings. The smallest absolute Gasteiger partial charge is 0.335 e. The highest BCUT2D eigenvalue weighted by Gasteiger charge is 2.30. The van der Waals surface area contributed by atoms with E-state index in [1.165, 1.54) is 0 Å². The van der Waals surface area contributed by atoms with Gasteiger partial charge in [0.15, 0.2) is 29.5 Å². The van der Waals surface area contributed by atoms with Crippen LogP contribution in [0, 0.1) is 0 Å². The van der Waals surface area contributed by atoms with Crippen LogP contribution in [-0.4, -0.2) is 55.1 Å². The molecule has 0 bridgehead atoms. The first-order valence-electron chi connectivity index (χ1n) is 5.17. The van der Waals surface area contributed by atoms with Gasteiger partial charge in [-0.25, -0.2) is 30.0 Å². The molecule has 0 amide bonds. The summed E-state index contributed by atoms with van der Waals surface area (Å²) in [6.45, 7) is 0. The van der Waals surface area contributed by atoms with Crippen LogP contribution in [0.15, 0.2) is 26.8 Å². The van der Waals surface area contributed by atoms with Gasteiger partial charge in [0.05, 0.1) is 15.4 Å². The lowest BCUT2D eigenvalue weighted by molar-refractivity contribution is 0.0696. The van der Waals surface area contributed by atoms with E-state index in [1.807, 2.05) is 0 Å². The fourth-order valence-electron chi connectivity index (χ4n) is 1.62. The van der Waals surface area contributed by atoms with E-state index in [9.17, 15) is 30.0 Å². The third-order valence-electron chi connectivity index (χ3n) is 2.44. The van der Waals surface area contributed by atoms with Gasteiger partial charge in [0.1, 0.15) is 4.90 Å². The molecule has 21 heavy (non-hydrogen) atoms. The molecule has 0 aliphatic heterocycles. The Hall–Kier alpha value is -1.46. The fraction of sp³-hybridized carbons (Fsp3) is 0.300. The van der Waals surface area contributed by atoms with E-state index in [0.717, 1.165) is 0 Å². The molecule has 11 heteroatoms. The Kier molecular flexibility index (Phi) is 4.25. The van der Waals surface area contributed by atoms with Crippen molar-refractivity contribution in [2.75, 3.05) is 18.8 Å². The zero-order valence-electron chi connectivity index (χ0n) is 11.2. The van der Waals surface area contributed by atoms with Crippen molar-refractivity contribution in [2.45, 2.75) is 14.7 Å². The first-order chi connectivity index (χ1) is 9.15. The van der Waals surface area contributed by atoms with Crippen LogP contribution in [0.25, 0.3) is 0 Å². The average molecular weight is 356 g/mol. The molecule has 0 radical (unpaired) electrons. The number of rotatable bonds is 4. The molecule has 1 N–H and O–H groups in total. The van der Waals surface area contributed by atoms with Crippen LogP contribution in [0.5, 0.6) is 0 Å². The minimum Gasteiger partial charge on any atom is -0.478 e. The predicted octanol–water partition coefficient (Wildman–Crippen LogP) is -0.405. The van der Waals surface area contributed by atoms with E-state index < -0.39 is 55.7 Å². The summed E-state index contributed by atoms with van der Waals surface area (Å²) in [6, 6.07) is 1.26. The molecular weight excluding hydrogens is 344 g/mol. The number of hydrogen-bond donors (Lipinski definition) is 1. The molecule has 118 valence electrons. The van der Waals surface area contributed by atoms with E-state index in [2.05, 4.69) is 0 Å². The third kappa shape index (κ3) is 3.80. The normalized spacial score (nSPS) is 13.1. The molecule has 0 fully saturated rings. The second kappa shape index (κ2) is 5.07. The van der Waals surface area contributed by atoms with Gasteiger partial charge in [0.2, 0.25) is 0 Å². The summed E-state index contributed by atoms with van der Waals surface area (Å²) in [7, 11) is -12.5. The molecule has 1 aromatic rings. The molecule has 1 rings (SSSR count). The van der Waals surface area contributed by atoms with E-state index in [1.54, 1.807) is 0 Å². The van der Waals surface area contributed by atoms with Gasteiger partial charge in [-0.2, -0.15) is 0 Å². The Bertz CT molecular complexity index is 868. The summed E-state index contributed by atoms with van der Waals surface area (Å²) in [5.74, 6) is -1.58. The van der Waals surface area contributed by atoms with Crippen LogP contribution in [0.4, 0.5) is 0 Å². The van der Waals surface area contributed by atoms with Gasteiger partial charge >= 0.3 is 5.97 Å². The monoisotopic (exact) mass is 356 g/mol. The first kappa shape index (κ1) is 17.6. The van der Waals surface area contributed by atoms with Crippen LogP contribution in [0.3, 0.4) is 0 Å². The SMILES string of the molecule is CS(=O)(=O)c1cc(C(=O)O)cc(S(C)(=O)=O)c1S(C)(=O)=O. The summed E-state index contributed by atoms with van der Waals surface area (Å²) in [5, 5.41) is 8.92. The van der Waals surface area contributed by atoms with Gasteiger partial charge < -0.3 is 5.11 Å². The minimum atomic E-state index is -4.22. The van der Waals surface area contributed by atoms with E-state index >= 15 is 0 Å². The number of benzene rings is 1. The first-order valence-corrected chi connectivity index (χ1v) is 10.8. The average Bonchev–Trinajstić information content (AvgIpc) is 2.23. The second-order valence-corrected chi connectivity index (χ2v) is 10.3. The molecule has 0 saturated heterocycles. The van der Waals surface area contributed by atoms with Crippen molar-refractivity contribution in [2.24, 2.45) is 0 Å².